The average molecular weight is 339 g/mol. The Morgan fingerprint density at radius 1 is 1.25 bits per heavy atom. The van der Waals surface area contributed by atoms with Crippen molar-refractivity contribution in [2.24, 2.45) is 0 Å². The Morgan fingerprint density at radius 2 is 1.80 bits per heavy atom. The molecule has 4 nitrogen and oxygen atoms in total. The molecule has 1 aliphatic heterocycles. The van der Waals surface area contributed by atoms with Gasteiger partial charge in [0.25, 0.3) is 0 Å². The SMILES string of the molecule is Cc1ccc(Cl)cc1S(=O)(=O)N1CC(C)NC(C)C1.Cl. The molecule has 2 atom stereocenters. The minimum atomic E-state index is -3.47. The monoisotopic (exact) mass is 338 g/mol. The summed E-state index contributed by atoms with van der Waals surface area (Å²) in [5, 5.41) is 3.77. The highest BCUT2D eigenvalue weighted by molar-refractivity contribution is 7.89. The van der Waals surface area contributed by atoms with Crippen molar-refractivity contribution < 1.29 is 8.42 Å². The number of sulfonamides is 1. The standard InChI is InChI=1S/C13H19ClN2O2S.ClH/c1-9-4-5-12(14)6-13(9)19(17,18)16-7-10(2)15-11(3)8-16;/h4-6,10-11,15H,7-8H2,1-3H3;1H. The van der Waals surface area contributed by atoms with Gasteiger partial charge in [0, 0.05) is 30.2 Å². The minimum Gasteiger partial charge on any atom is -0.309 e. The van der Waals surface area contributed by atoms with Crippen LogP contribution in [0.5, 0.6) is 0 Å². The number of hydrogen-bond donors (Lipinski definition) is 1. The van der Waals surface area contributed by atoms with E-state index in [1.807, 2.05) is 13.8 Å². The zero-order chi connectivity index (χ0) is 14.2. The van der Waals surface area contributed by atoms with Gasteiger partial charge in [-0.3, -0.25) is 0 Å². The van der Waals surface area contributed by atoms with E-state index in [0.717, 1.165) is 5.56 Å². The second kappa shape index (κ2) is 6.62. The number of piperazine rings is 1. The van der Waals surface area contributed by atoms with Gasteiger partial charge in [-0.1, -0.05) is 17.7 Å². The lowest BCUT2D eigenvalue weighted by Crippen LogP contribution is -2.55. The Morgan fingerprint density at radius 3 is 2.35 bits per heavy atom. The lowest BCUT2D eigenvalue weighted by atomic mass is 10.2. The number of nitrogens with zero attached hydrogens (tertiary/aromatic N) is 1. The molecule has 0 saturated carbocycles. The van der Waals surface area contributed by atoms with Crippen molar-refractivity contribution in [3.63, 3.8) is 0 Å². The number of aryl methyl sites for hydroxylation is 1. The quantitative estimate of drug-likeness (QED) is 0.900. The topological polar surface area (TPSA) is 49.4 Å². The molecule has 1 aromatic carbocycles. The molecule has 2 rings (SSSR count). The molecule has 0 bridgehead atoms. The summed E-state index contributed by atoms with van der Waals surface area (Å²) in [4.78, 5) is 0.307. The first-order chi connectivity index (χ1) is 8.80. The molecule has 1 aliphatic rings. The summed E-state index contributed by atoms with van der Waals surface area (Å²) in [6, 6.07) is 5.28. The van der Waals surface area contributed by atoms with E-state index in [1.165, 1.54) is 10.4 Å². The number of nitrogens with one attached hydrogen (secondary N) is 1. The van der Waals surface area contributed by atoms with Crippen molar-refractivity contribution in [3.8, 4) is 0 Å². The molecule has 1 fully saturated rings. The number of rotatable bonds is 2. The maximum Gasteiger partial charge on any atom is 0.243 e. The first-order valence-corrected chi connectivity index (χ1v) is 8.15. The molecule has 20 heavy (non-hydrogen) atoms. The predicted molar refractivity (Wildman–Crippen MR) is 84.3 cm³/mol. The van der Waals surface area contributed by atoms with Gasteiger partial charge in [-0.25, -0.2) is 8.42 Å². The van der Waals surface area contributed by atoms with Crippen molar-refractivity contribution in [1.82, 2.24) is 9.62 Å². The molecule has 1 saturated heterocycles. The van der Waals surface area contributed by atoms with Gasteiger partial charge in [-0.15, -0.1) is 12.4 Å². The van der Waals surface area contributed by atoms with E-state index in [9.17, 15) is 8.42 Å². The number of benzene rings is 1. The first-order valence-electron chi connectivity index (χ1n) is 6.33. The normalized spacial score (nSPS) is 24.2. The molecule has 0 amide bonds. The maximum absolute atomic E-state index is 12.7. The molecule has 1 heterocycles. The summed E-state index contributed by atoms with van der Waals surface area (Å²) in [5.74, 6) is 0. The summed E-state index contributed by atoms with van der Waals surface area (Å²) in [6.45, 7) is 6.74. The summed E-state index contributed by atoms with van der Waals surface area (Å²) >= 11 is 5.92. The van der Waals surface area contributed by atoms with E-state index in [0.29, 0.717) is 23.0 Å². The highest BCUT2D eigenvalue weighted by atomic mass is 35.5. The second-order valence-electron chi connectivity index (χ2n) is 5.20. The summed E-state index contributed by atoms with van der Waals surface area (Å²) in [6.07, 6.45) is 0. The van der Waals surface area contributed by atoms with E-state index in [-0.39, 0.29) is 24.5 Å². The molecule has 2 unspecified atom stereocenters. The maximum atomic E-state index is 12.7. The molecule has 7 heteroatoms. The van der Waals surface area contributed by atoms with Crippen LogP contribution < -0.4 is 5.32 Å². The van der Waals surface area contributed by atoms with Crippen molar-refractivity contribution >= 4 is 34.0 Å². The molecule has 0 radical (unpaired) electrons. The van der Waals surface area contributed by atoms with Crippen molar-refractivity contribution in [2.75, 3.05) is 13.1 Å². The summed E-state index contributed by atoms with van der Waals surface area (Å²) < 4.78 is 26.9. The van der Waals surface area contributed by atoms with Gasteiger partial charge in [0.2, 0.25) is 10.0 Å². The lowest BCUT2D eigenvalue weighted by Gasteiger charge is -2.35. The number of halogens is 2. The molecule has 0 aromatic heterocycles. The molecule has 114 valence electrons. The molecule has 1 N–H and O–H groups in total. The fraction of sp³-hybridized carbons (Fsp3) is 0.538. The van der Waals surface area contributed by atoms with Gasteiger partial charge in [-0.2, -0.15) is 4.31 Å². The Hall–Kier alpha value is -0.330. The van der Waals surface area contributed by atoms with E-state index in [4.69, 9.17) is 11.6 Å². The van der Waals surface area contributed by atoms with Crippen LogP contribution in [0.3, 0.4) is 0 Å². The molecule has 0 aliphatic carbocycles. The smallest absolute Gasteiger partial charge is 0.243 e. The Labute approximate surface area is 132 Å². The van der Waals surface area contributed by atoms with Crippen LogP contribution in [0.4, 0.5) is 0 Å². The van der Waals surface area contributed by atoms with Gasteiger partial charge >= 0.3 is 0 Å². The lowest BCUT2D eigenvalue weighted by molar-refractivity contribution is 0.263. The number of hydrogen-bond acceptors (Lipinski definition) is 3. The van der Waals surface area contributed by atoms with Crippen LogP contribution in [0.15, 0.2) is 23.1 Å². The predicted octanol–water partition coefficient (Wildman–Crippen LogP) is 2.44. The van der Waals surface area contributed by atoms with Gasteiger partial charge < -0.3 is 5.32 Å². The average Bonchev–Trinajstić information content (AvgIpc) is 2.31. The molecule has 0 spiro atoms. The van der Waals surface area contributed by atoms with Crippen molar-refractivity contribution in [1.29, 1.82) is 0 Å². The zero-order valence-electron chi connectivity index (χ0n) is 11.8. The van der Waals surface area contributed by atoms with Crippen LogP contribution in [0.25, 0.3) is 0 Å². The Bertz CT molecular complexity index is 568. The highest BCUT2D eigenvalue weighted by Gasteiger charge is 2.32. The fourth-order valence-electron chi connectivity index (χ4n) is 2.46. The fourth-order valence-corrected chi connectivity index (χ4v) is 4.57. The van der Waals surface area contributed by atoms with Crippen molar-refractivity contribution in [2.45, 2.75) is 37.8 Å². The van der Waals surface area contributed by atoms with Crippen LogP contribution >= 0.6 is 24.0 Å². The van der Waals surface area contributed by atoms with Gasteiger partial charge in [0.1, 0.15) is 0 Å². The summed E-state index contributed by atoms with van der Waals surface area (Å²) in [5.41, 5.74) is 0.725. The van der Waals surface area contributed by atoms with E-state index >= 15 is 0 Å². The third-order valence-corrected chi connectivity index (χ3v) is 5.50. The first kappa shape index (κ1) is 17.7. The van der Waals surface area contributed by atoms with Crippen LogP contribution in [0.2, 0.25) is 5.02 Å². The second-order valence-corrected chi connectivity index (χ2v) is 7.54. The van der Waals surface area contributed by atoms with Crippen LogP contribution in [0.1, 0.15) is 19.4 Å². The van der Waals surface area contributed by atoms with E-state index in [2.05, 4.69) is 5.32 Å². The van der Waals surface area contributed by atoms with Crippen LogP contribution in [0, 0.1) is 6.92 Å². The van der Waals surface area contributed by atoms with E-state index in [1.54, 1.807) is 19.1 Å². The minimum absolute atomic E-state index is 0. The largest absolute Gasteiger partial charge is 0.309 e. The van der Waals surface area contributed by atoms with Gasteiger partial charge in [0.05, 0.1) is 4.90 Å². The molecular weight excluding hydrogens is 319 g/mol. The van der Waals surface area contributed by atoms with Gasteiger partial charge in [0.15, 0.2) is 0 Å². The van der Waals surface area contributed by atoms with E-state index < -0.39 is 10.0 Å². The summed E-state index contributed by atoms with van der Waals surface area (Å²) in [7, 11) is -3.47. The highest BCUT2D eigenvalue weighted by Crippen LogP contribution is 2.24. The molecule has 1 aromatic rings. The van der Waals surface area contributed by atoms with Gasteiger partial charge in [-0.05, 0) is 38.5 Å². The Kier molecular flexibility index (Phi) is 5.87. The molecular formula is C13H20Cl2N2O2S. The van der Waals surface area contributed by atoms with Crippen LogP contribution in [-0.4, -0.2) is 37.9 Å². The van der Waals surface area contributed by atoms with Crippen molar-refractivity contribution in [3.05, 3.63) is 28.8 Å². The van der Waals surface area contributed by atoms with Crippen LogP contribution in [-0.2, 0) is 10.0 Å². The Balaban J connectivity index is 0.00000200. The third kappa shape index (κ3) is 3.65. The third-order valence-electron chi connectivity index (χ3n) is 3.29. The zero-order valence-corrected chi connectivity index (χ0v) is 14.1.